The van der Waals surface area contributed by atoms with Crippen LogP contribution in [0.1, 0.15) is 23.5 Å². The summed E-state index contributed by atoms with van der Waals surface area (Å²) < 4.78 is 8.30. The molecule has 0 aliphatic carbocycles. The van der Waals surface area contributed by atoms with Gasteiger partial charge in [-0.2, -0.15) is 10.2 Å². The molecule has 0 saturated carbocycles. The summed E-state index contributed by atoms with van der Waals surface area (Å²) in [5.74, 6) is -0.886. The molecule has 1 atom stereocenters. The minimum Gasteiger partial charge on any atom is -0.464 e. The Kier molecular flexibility index (Phi) is 4.41. The number of rotatable bonds is 4. The molecule has 0 aromatic carbocycles. The van der Waals surface area contributed by atoms with Crippen LogP contribution in [0.25, 0.3) is 0 Å². The van der Waals surface area contributed by atoms with E-state index in [0.717, 1.165) is 4.47 Å². The van der Waals surface area contributed by atoms with Gasteiger partial charge < -0.3 is 10.1 Å². The van der Waals surface area contributed by atoms with Crippen molar-refractivity contribution in [3.05, 3.63) is 28.8 Å². The number of amides is 1. The Balaban J connectivity index is 2.18. The van der Waals surface area contributed by atoms with Crippen LogP contribution in [0.15, 0.2) is 23.1 Å². The molecule has 0 bridgehead atoms. The predicted octanol–water partition coefficient (Wildman–Crippen LogP) is 1.37. The summed E-state index contributed by atoms with van der Waals surface area (Å²) in [6, 6.07) is -0.540. The highest BCUT2D eigenvalue weighted by Crippen LogP contribution is 2.18. The van der Waals surface area contributed by atoms with Crippen molar-refractivity contribution in [1.82, 2.24) is 19.6 Å². The first-order chi connectivity index (χ1) is 9.93. The molecule has 2 heterocycles. The van der Waals surface area contributed by atoms with Gasteiger partial charge in [-0.25, -0.2) is 4.79 Å². The van der Waals surface area contributed by atoms with Crippen LogP contribution in [0.4, 0.5) is 5.69 Å². The number of aryl methyl sites for hydroxylation is 1. The number of hydrogen-bond donors (Lipinski definition) is 1. The van der Waals surface area contributed by atoms with Crippen molar-refractivity contribution in [2.45, 2.75) is 13.0 Å². The number of hydrogen-bond acceptors (Lipinski definition) is 5. The highest BCUT2D eigenvalue weighted by atomic mass is 79.9. The second-order valence-electron chi connectivity index (χ2n) is 4.33. The fraction of sp³-hybridized carbons (Fsp3) is 0.333. The van der Waals surface area contributed by atoms with Crippen molar-refractivity contribution in [3.8, 4) is 0 Å². The molecule has 1 N–H and O–H groups in total. The van der Waals surface area contributed by atoms with E-state index in [4.69, 9.17) is 0 Å². The molecule has 2 aromatic heterocycles. The van der Waals surface area contributed by atoms with Gasteiger partial charge >= 0.3 is 5.97 Å². The van der Waals surface area contributed by atoms with E-state index in [1.807, 2.05) is 0 Å². The maximum atomic E-state index is 12.2. The smallest absolute Gasteiger partial charge is 0.358 e. The Bertz CT molecular complexity index is 678. The highest BCUT2D eigenvalue weighted by molar-refractivity contribution is 9.10. The summed E-state index contributed by atoms with van der Waals surface area (Å²) in [6.45, 7) is 1.70. The molecule has 2 aromatic rings. The zero-order chi connectivity index (χ0) is 15.6. The SMILES string of the molecule is COC(=O)c1c(NC(=O)C(C)n2cc(Br)cn2)cnn1C. The molecule has 1 unspecified atom stereocenters. The van der Waals surface area contributed by atoms with Crippen LogP contribution in [0.2, 0.25) is 0 Å². The maximum absolute atomic E-state index is 12.2. The van der Waals surface area contributed by atoms with Crippen molar-refractivity contribution in [1.29, 1.82) is 0 Å². The Hall–Kier alpha value is -2.16. The largest absolute Gasteiger partial charge is 0.464 e. The second-order valence-corrected chi connectivity index (χ2v) is 5.24. The van der Waals surface area contributed by atoms with Crippen LogP contribution in [-0.2, 0) is 16.6 Å². The Labute approximate surface area is 129 Å². The molecule has 0 aliphatic rings. The first-order valence-electron chi connectivity index (χ1n) is 6.05. The van der Waals surface area contributed by atoms with Gasteiger partial charge in [0, 0.05) is 13.2 Å². The number of carbonyl (C=O) groups is 2. The van der Waals surface area contributed by atoms with E-state index in [2.05, 4.69) is 36.2 Å². The van der Waals surface area contributed by atoms with Crippen molar-refractivity contribution in [3.63, 3.8) is 0 Å². The number of nitrogens with one attached hydrogen (secondary N) is 1. The third-order valence-electron chi connectivity index (χ3n) is 2.92. The summed E-state index contributed by atoms with van der Waals surface area (Å²) in [5, 5.41) is 10.7. The highest BCUT2D eigenvalue weighted by Gasteiger charge is 2.22. The van der Waals surface area contributed by atoms with E-state index in [0.29, 0.717) is 5.69 Å². The van der Waals surface area contributed by atoms with Gasteiger partial charge in [0.05, 0.1) is 29.7 Å². The lowest BCUT2D eigenvalue weighted by Gasteiger charge is -2.12. The normalized spacial score (nSPS) is 12.0. The van der Waals surface area contributed by atoms with Crippen molar-refractivity contribution < 1.29 is 14.3 Å². The van der Waals surface area contributed by atoms with E-state index < -0.39 is 12.0 Å². The second kappa shape index (κ2) is 6.08. The standard InChI is InChI=1S/C12H14BrN5O3/c1-7(18-6-8(13)4-15-18)11(19)16-9-5-14-17(2)10(9)12(20)21-3/h4-7H,1-3H3,(H,16,19). The lowest BCUT2D eigenvalue weighted by Crippen LogP contribution is -2.25. The van der Waals surface area contributed by atoms with E-state index in [-0.39, 0.29) is 11.6 Å². The minimum atomic E-state index is -0.570. The van der Waals surface area contributed by atoms with Crippen LogP contribution < -0.4 is 5.32 Å². The van der Waals surface area contributed by atoms with E-state index >= 15 is 0 Å². The van der Waals surface area contributed by atoms with Gasteiger partial charge in [0.25, 0.3) is 0 Å². The molecule has 112 valence electrons. The number of methoxy groups -OCH3 is 1. The Morgan fingerprint density at radius 1 is 1.38 bits per heavy atom. The Morgan fingerprint density at radius 2 is 2.10 bits per heavy atom. The van der Waals surface area contributed by atoms with E-state index in [1.54, 1.807) is 26.4 Å². The number of halogens is 1. The fourth-order valence-electron chi connectivity index (χ4n) is 1.75. The molecule has 0 aliphatic heterocycles. The molecule has 21 heavy (non-hydrogen) atoms. The molecular formula is C12H14BrN5O3. The van der Waals surface area contributed by atoms with Gasteiger partial charge in [-0.15, -0.1) is 0 Å². The maximum Gasteiger partial charge on any atom is 0.358 e. The number of aromatic nitrogens is 4. The lowest BCUT2D eigenvalue weighted by molar-refractivity contribution is -0.119. The summed E-state index contributed by atoms with van der Waals surface area (Å²) in [6.07, 6.45) is 4.68. The van der Waals surface area contributed by atoms with Gasteiger partial charge in [-0.05, 0) is 22.9 Å². The molecule has 1 amide bonds. The fourth-order valence-corrected chi connectivity index (χ4v) is 2.05. The summed E-state index contributed by atoms with van der Waals surface area (Å²) in [4.78, 5) is 23.9. The number of nitrogens with zero attached hydrogens (tertiary/aromatic N) is 4. The molecular weight excluding hydrogens is 342 g/mol. The van der Waals surface area contributed by atoms with Crippen molar-refractivity contribution in [2.24, 2.45) is 7.05 Å². The number of anilines is 1. The van der Waals surface area contributed by atoms with Gasteiger partial charge in [-0.1, -0.05) is 0 Å². The number of ether oxygens (including phenoxy) is 1. The zero-order valence-corrected chi connectivity index (χ0v) is 13.3. The van der Waals surface area contributed by atoms with Gasteiger partial charge in [0.15, 0.2) is 5.69 Å². The number of carbonyl (C=O) groups excluding carboxylic acids is 2. The van der Waals surface area contributed by atoms with Gasteiger partial charge in [0.1, 0.15) is 6.04 Å². The van der Waals surface area contributed by atoms with Gasteiger partial charge in [-0.3, -0.25) is 14.2 Å². The molecule has 9 heteroatoms. The first-order valence-corrected chi connectivity index (χ1v) is 6.84. The summed E-state index contributed by atoms with van der Waals surface area (Å²) >= 11 is 3.27. The van der Waals surface area contributed by atoms with E-state index in [1.165, 1.54) is 22.7 Å². The van der Waals surface area contributed by atoms with Crippen LogP contribution in [0.5, 0.6) is 0 Å². The summed E-state index contributed by atoms with van der Waals surface area (Å²) in [5.41, 5.74) is 0.479. The third kappa shape index (κ3) is 3.13. The monoisotopic (exact) mass is 355 g/mol. The third-order valence-corrected chi connectivity index (χ3v) is 3.33. The van der Waals surface area contributed by atoms with Gasteiger partial charge in [0.2, 0.25) is 5.91 Å². The summed E-state index contributed by atoms with van der Waals surface area (Å²) in [7, 11) is 2.86. The molecule has 0 radical (unpaired) electrons. The first kappa shape index (κ1) is 15.2. The predicted molar refractivity (Wildman–Crippen MR) is 77.8 cm³/mol. The molecule has 0 saturated heterocycles. The van der Waals surface area contributed by atoms with Crippen molar-refractivity contribution >= 4 is 33.5 Å². The van der Waals surface area contributed by atoms with E-state index in [9.17, 15) is 9.59 Å². The van der Waals surface area contributed by atoms with Crippen LogP contribution in [0.3, 0.4) is 0 Å². The average Bonchev–Trinajstić information content (AvgIpc) is 3.04. The van der Waals surface area contributed by atoms with Crippen LogP contribution in [0, 0.1) is 0 Å². The zero-order valence-electron chi connectivity index (χ0n) is 11.7. The van der Waals surface area contributed by atoms with Crippen LogP contribution in [-0.4, -0.2) is 38.5 Å². The molecule has 0 spiro atoms. The van der Waals surface area contributed by atoms with Crippen LogP contribution >= 0.6 is 15.9 Å². The molecule has 2 rings (SSSR count). The lowest BCUT2D eigenvalue weighted by atomic mass is 10.3. The van der Waals surface area contributed by atoms with Crippen molar-refractivity contribution in [2.75, 3.05) is 12.4 Å². The quantitative estimate of drug-likeness (QED) is 0.836. The Morgan fingerprint density at radius 3 is 2.67 bits per heavy atom. The topological polar surface area (TPSA) is 91.0 Å². The molecule has 0 fully saturated rings. The average molecular weight is 356 g/mol. The molecule has 8 nitrogen and oxygen atoms in total. The minimum absolute atomic E-state index is 0.180. The number of esters is 1.